The van der Waals surface area contributed by atoms with E-state index in [1.165, 1.54) is 0 Å². The van der Waals surface area contributed by atoms with Crippen molar-refractivity contribution in [2.45, 2.75) is 31.7 Å². The van der Waals surface area contributed by atoms with Crippen LogP contribution >= 0.6 is 11.6 Å². The molecule has 23 heavy (non-hydrogen) atoms. The number of aliphatic hydroxyl groups excluding tert-OH is 1. The van der Waals surface area contributed by atoms with Gasteiger partial charge in [0.05, 0.1) is 17.1 Å². The van der Waals surface area contributed by atoms with Crippen molar-refractivity contribution in [3.05, 3.63) is 28.8 Å². The van der Waals surface area contributed by atoms with Crippen molar-refractivity contribution in [3.8, 4) is 6.07 Å². The maximum atomic E-state index is 12.2. The van der Waals surface area contributed by atoms with Crippen LogP contribution in [0.5, 0.6) is 0 Å². The minimum Gasteiger partial charge on any atom is -0.396 e. The first kappa shape index (κ1) is 17.7. The minimum absolute atomic E-state index is 0.0995. The van der Waals surface area contributed by atoms with Gasteiger partial charge in [0.25, 0.3) is 0 Å². The molecule has 1 saturated carbocycles. The normalized spacial score (nSPS) is 21.0. The first-order chi connectivity index (χ1) is 11.0. The highest BCUT2D eigenvalue weighted by Gasteiger charge is 2.24. The molecule has 1 fully saturated rings. The Kier molecular flexibility index (Phi) is 6.40. The fourth-order valence-electron chi connectivity index (χ4n) is 3.01. The molecule has 1 aromatic carbocycles. The lowest BCUT2D eigenvalue weighted by atomic mass is 9.86. The van der Waals surface area contributed by atoms with Gasteiger partial charge in [0.2, 0.25) is 5.91 Å². The second-order valence-corrected chi connectivity index (χ2v) is 6.53. The molecule has 0 bridgehead atoms. The van der Waals surface area contributed by atoms with Crippen LogP contribution in [-0.4, -0.2) is 42.2 Å². The highest BCUT2D eigenvalue weighted by molar-refractivity contribution is 6.32. The van der Waals surface area contributed by atoms with Gasteiger partial charge in [0.1, 0.15) is 6.07 Å². The molecule has 0 aromatic heterocycles. The summed E-state index contributed by atoms with van der Waals surface area (Å²) in [4.78, 5) is 14.2. The van der Waals surface area contributed by atoms with E-state index in [0.717, 1.165) is 25.7 Å². The lowest BCUT2D eigenvalue weighted by molar-refractivity contribution is -0.117. The Bertz CT molecular complexity index is 592. The highest BCUT2D eigenvalue weighted by atomic mass is 35.5. The van der Waals surface area contributed by atoms with Crippen molar-refractivity contribution in [1.82, 2.24) is 4.90 Å². The predicted octanol–water partition coefficient (Wildman–Crippen LogP) is 2.63. The topological polar surface area (TPSA) is 76.4 Å². The summed E-state index contributed by atoms with van der Waals surface area (Å²) in [7, 11) is 1.95. The number of nitriles is 1. The molecule has 124 valence electrons. The van der Waals surface area contributed by atoms with Crippen molar-refractivity contribution < 1.29 is 9.90 Å². The van der Waals surface area contributed by atoms with Gasteiger partial charge in [0, 0.05) is 18.3 Å². The van der Waals surface area contributed by atoms with Crippen LogP contribution in [-0.2, 0) is 4.79 Å². The van der Waals surface area contributed by atoms with E-state index in [-0.39, 0.29) is 12.5 Å². The number of nitrogens with one attached hydrogen (secondary N) is 1. The zero-order valence-electron chi connectivity index (χ0n) is 13.3. The second-order valence-electron chi connectivity index (χ2n) is 6.13. The minimum atomic E-state index is -0.0995. The number of aliphatic hydroxyl groups is 1. The number of anilines is 1. The third-order valence-electron chi connectivity index (χ3n) is 4.46. The Morgan fingerprint density at radius 1 is 1.43 bits per heavy atom. The number of likely N-dealkylation sites (N-methyl/N-ethyl adjacent to an activating group) is 1. The molecular weight excluding hydrogens is 314 g/mol. The molecule has 0 unspecified atom stereocenters. The number of rotatable bonds is 5. The Labute approximate surface area is 141 Å². The molecule has 2 rings (SSSR count). The van der Waals surface area contributed by atoms with E-state index in [4.69, 9.17) is 16.9 Å². The zero-order valence-corrected chi connectivity index (χ0v) is 14.0. The van der Waals surface area contributed by atoms with Gasteiger partial charge in [-0.2, -0.15) is 5.26 Å². The highest BCUT2D eigenvalue weighted by Crippen LogP contribution is 2.26. The lowest BCUT2D eigenvalue weighted by Gasteiger charge is -2.33. The standard InChI is InChI=1S/C17H22ClN3O2/c1-21(15-6-2-12(11-22)3-7-15)10-17(23)20-14-5-4-13(9-19)16(18)8-14/h4-5,8,12,15,22H,2-3,6-7,10-11H2,1H3,(H,20,23). The van der Waals surface area contributed by atoms with Crippen LogP contribution in [0.3, 0.4) is 0 Å². The fraction of sp³-hybridized carbons (Fsp3) is 0.529. The summed E-state index contributed by atoms with van der Waals surface area (Å²) in [6.45, 7) is 0.572. The number of hydrogen-bond acceptors (Lipinski definition) is 4. The number of amides is 1. The van der Waals surface area contributed by atoms with Crippen LogP contribution in [0.2, 0.25) is 5.02 Å². The molecule has 2 N–H and O–H groups in total. The summed E-state index contributed by atoms with van der Waals surface area (Å²) in [6.07, 6.45) is 4.05. The Balaban J connectivity index is 1.85. The van der Waals surface area contributed by atoms with Gasteiger partial charge in [-0.1, -0.05) is 11.6 Å². The van der Waals surface area contributed by atoms with Crippen molar-refractivity contribution in [3.63, 3.8) is 0 Å². The van der Waals surface area contributed by atoms with E-state index < -0.39 is 0 Å². The Morgan fingerprint density at radius 2 is 2.13 bits per heavy atom. The summed E-state index contributed by atoms with van der Waals surface area (Å²) >= 11 is 5.96. The zero-order chi connectivity index (χ0) is 16.8. The Morgan fingerprint density at radius 3 is 2.70 bits per heavy atom. The number of carbonyl (C=O) groups is 1. The summed E-state index contributed by atoms with van der Waals surface area (Å²) in [5.41, 5.74) is 0.985. The molecule has 1 amide bonds. The Hall–Kier alpha value is -1.61. The van der Waals surface area contributed by atoms with Crippen molar-refractivity contribution in [2.24, 2.45) is 5.92 Å². The maximum Gasteiger partial charge on any atom is 0.238 e. The van der Waals surface area contributed by atoms with E-state index in [2.05, 4.69) is 10.2 Å². The summed E-state index contributed by atoms with van der Waals surface area (Å²) in [5, 5.41) is 21.2. The average Bonchev–Trinajstić information content (AvgIpc) is 2.55. The molecule has 0 radical (unpaired) electrons. The number of carbonyl (C=O) groups excluding carboxylic acids is 1. The second kappa shape index (κ2) is 8.30. The van der Waals surface area contributed by atoms with Gasteiger partial charge in [-0.05, 0) is 56.8 Å². The van der Waals surface area contributed by atoms with Gasteiger partial charge in [0.15, 0.2) is 0 Å². The molecule has 0 spiro atoms. The third-order valence-corrected chi connectivity index (χ3v) is 4.78. The smallest absolute Gasteiger partial charge is 0.238 e. The van der Waals surface area contributed by atoms with Crippen LogP contribution in [0.1, 0.15) is 31.2 Å². The van der Waals surface area contributed by atoms with Crippen LogP contribution in [0.25, 0.3) is 0 Å². The molecule has 5 nitrogen and oxygen atoms in total. The first-order valence-corrected chi connectivity index (χ1v) is 8.22. The van der Waals surface area contributed by atoms with Crippen LogP contribution in [0.15, 0.2) is 18.2 Å². The maximum absolute atomic E-state index is 12.2. The lowest BCUT2D eigenvalue weighted by Crippen LogP contribution is -2.40. The monoisotopic (exact) mass is 335 g/mol. The molecule has 0 heterocycles. The van der Waals surface area contributed by atoms with Gasteiger partial charge < -0.3 is 10.4 Å². The molecule has 1 aliphatic carbocycles. The fourth-order valence-corrected chi connectivity index (χ4v) is 3.23. The molecule has 0 saturated heterocycles. The van der Waals surface area contributed by atoms with Gasteiger partial charge in [-0.15, -0.1) is 0 Å². The van der Waals surface area contributed by atoms with E-state index in [9.17, 15) is 9.90 Å². The van der Waals surface area contributed by atoms with Crippen molar-refractivity contribution in [2.75, 3.05) is 25.5 Å². The number of nitrogens with zero attached hydrogens (tertiary/aromatic N) is 2. The quantitative estimate of drug-likeness (QED) is 0.867. The summed E-state index contributed by atoms with van der Waals surface area (Å²) in [5.74, 6) is 0.312. The van der Waals surface area contributed by atoms with E-state index in [1.807, 2.05) is 13.1 Å². The molecule has 0 aliphatic heterocycles. The van der Waals surface area contributed by atoms with Crippen LogP contribution < -0.4 is 5.32 Å². The van der Waals surface area contributed by atoms with Crippen molar-refractivity contribution >= 4 is 23.2 Å². The van der Waals surface area contributed by atoms with E-state index in [1.54, 1.807) is 18.2 Å². The number of hydrogen-bond donors (Lipinski definition) is 2. The molecule has 1 aliphatic rings. The SMILES string of the molecule is CN(CC(=O)Nc1ccc(C#N)c(Cl)c1)C1CCC(CO)CC1. The van der Waals surface area contributed by atoms with E-state index in [0.29, 0.717) is 34.8 Å². The van der Waals surface area contributed by atoms with Crippen LogP contribution in [0.4, 0.5) is 5.69 Å². The van der Waals surface area contributed by atoms with Gasteiger partial charge in [-0.25, -0.2) is 0 Å². The van der Waals surface area contributed by atoms with E-state index >= 15 is 0 Å². The average molecular weight is 336 g/mol. The number of benzene rings is 1. The summed E-state index contributed by atoms with van der Waals surface area (Å²) < 4.78 is 0. The van der Waals surface area contributed by atoms with Gasteiger partial charge >= 0.3 is 0 Å². The largest absolute Gasteiger partial charge is 0.396 e. The third kappa shape index (κ3) is 4.93. The first-order valence-electron chi connectivity index (χ1n) is 7.84. The molecule has 6 heteroatoms. The molecule has 0 atom stereocenters. The van der Waals surface area contributed by atoms with Crippen LogP contribution in [0, 0.1) is 17.2 Å². The van der Waals surface area contributed by atoms with Gasteiger partial charge in [-0.3, -0.25) is 9.69 Å². The molecular formula is C17H22ClN3O2. The molecule has 1 aromatic rings. The van der Waals surface area contributed by atoms with Crippen molar-refractivity contribution in [1.29, 1.82) is 5.26 Å². The summed E-state index contributed by atoms with van der Waals surface area (Å²) in [6, 6.07) is 7.23. The number of halogens is 1. The predicted molar refractivity (Wildman–Crippen MR) is 90.3 cm³/mol.